The maximum atomic E-state index is 1.62. The molecule has 0 radical (unpaired) electrons. The maximum Gasteiger partial charge on any atom is -0.0210 e. The molecule has 4 saturated carbocycles. The van der Waals surface area contributed by atoms with Crippen LogP contribution in [0.4, 0.5) is 0 Å². The van der Waals surface area contributed by atoms with Crippen LogP contribution in [0.5, 0.6) is 0 Å². The lowest BCUT2D eigenvalue weighted by Gasteiger charge is -2.69. The number of hydrogen-bond acceptors (Lipinski definition) is 0. The largest absolute Gasteiger partial charge is 0.0533 e. The van der Waals surface area contributed by atoms with Crippen molar-refractivity contribution in [1.82, 2.24) is 0 Å². The van der Waals surface area contributed by atoms with Crippen LogP contribution in [0.3, 0.4) is 0 Å². The second-order valence-electron chi connectivity index (χ2n) is 9.40. The summed E-state index contributed by atoms with van der Waals surface area (Å²) in [6.07, 6.45) is 28.3. The molecule has 0 nitrogen and oxygen atoms in total. The smallest absolute Gasteiger partial charge is 0.0210 e. The van der Waals surface area contributed by atoms with E-state index in [0.29, 0.717) is 0 Å². The Kier molecular flexibility index (Phi) is 4.57. The van der Waals surface area contributed by atoms with Gasteiger partial charge in [-0.3, -0.25) is 0 Å². The zero-order chi connectivity index (χ0) is 14.9. The molecule has 0 heteroatoms. The molecular weight excluding hydrogens is 264 g/mol. The zero-order valence-electron chi connectivity index (χ0n) is 14.9. The van der Waals surface area contributed by atoms with Crippen molar-refractivity contribution in [2.24, 2.45) is 22.7 Å². The van der Waals surface area contributed by atoms with Crippen LogP contribution in [0.25, 0.3) is 0 Å². The fourth-order valence-electron chi connectivity index (χ4n) is 7.43. The first-order valence-corrected chi connectivity index (χ1v) is 10.9. The molecule has 4 aliphatic rings. The van der Waals surface area contributed by atoms with Crippen molar-refractivity contribution in [2.45, 2.75) is 116 Å². The van der Waals surface area contributed by atoms with E-state index >= 15 is 0 Å². The molecule has 4 rings (SSSR count). The molecule has 0 aromatic heterocycles. The summed E-state index contributed by atoms with van der Waals surface area (Å²) < 4.78 is 0. The molecule has 0 spiro atoms. The number of hydrogen-bond donors (Lipinski definition) is 0. The summed E-state index contributed by atoms with van der Waals surface area (Å²) in [4.78, 5) is 0. The van der Waals surface area contributed by atoms with Crippen LogP contribution in [0.15, 0.2) is 0 Å². The highest BCUT2D eigenvalue weighted by Crippen LogP contribution is 2.73. The first-order chi connectivity index (χ1) is 10.9. The van der Waals surface area contributed by atoms with Crippen molar-refractivity contribution in [3.05, 3.63) is 0 Å². The van der Waals surface area contributed by atoms with Crippen molar-refractivity contribution in [1.29, 1.82) is 0 Å². The SMILES string of the molecule is C1CCCC2CCC2(C23CCCCCCCC2CC3)CCC1. The molecule has 4 atom stereocenters. The lowest BCUT2D eigenvalue weighted by Crippen LogP contribution is -2.60. The van der Waals surface area contributed by atoms with E-state index in [1.54, 1.807) is 77.0 Å². The van der Waals surface area contributed by atoms with Gasteiger partial charge in [0, 0.05) is 0 Å². The summed E-state index contributed by atoms with van der Waals surface area (Å²) in [5, 5.41) is 0. The quantitative estimate of drug-likeness (QED) is 0.478. The predicted molar refractivity (Wildman–Crippen MR) is 95.0 cm³/mol. The van der Waals surface area contributed by atoms with E-state index in [4.69, 9.17) is 0 Å². The third kappa shape index (κ3) is 2.39. The first kappa shape index (κ1) is 15.5. The fraction of sp³-hybridized carbons (Fsp3) is 1.00. The van der Waals surface area contributed by atoms with E-state index in [9.17, 15) is 0 Å². The molecule has 0 aromatic rings. The van der Waals surface area contributed by atoms with Crippen LogP contribution in [-0.2, 0) is 0 Å². The monoisotopic (exact) mass is 302 g/mol. The summed E-state index contributed by atoms with van der Waals surface area (Å²) in [7, 11) is 0. The van der Waals surface area contributed by atoms with Crippen molar-refractivity contribution in [3.63, 3.8) is 0 Å². The Hall–Kier alpha value is 0. The number of fused-ring (bicyclic) bond motifs is 3. The van der Waals surface area contributed by atoms with Gasteiger partial charge in [0.25, 0.3) is 0 Å². The average molecular weight is 303 g/mol. The van der Waals surface area contributed by atoms with Gasteiger partial charge < -0.3 is 0 Å². The van der Waals surface area contributed by atoms with E-state index < -0.39 is 0 Å². The minimum absolute atomic E-state index is 0.824. The minimum Gasteiger partial charge on any atom is -0.0533 e. The Balaban J connectivity index is 1.60. The van der Waals surface area contributed by atoms with E-state index in [0.717, 1.165) is 22.7 Å². The molecular formula is C22H38. The molecule has 0 saturated heterocycles. The molecule has 0 bridgehead atoms. The van der Waals surface area contributed by atoms with E-state index in [-0.39, 0.29) is 0 Å². The Morgan fingerprint density at radius 3 is 1.18 bits per heavy atom. The van der Waals surface area contributed by atoms with Gasteiger partial charge >= 0.3 is 0 Å². The molecule has 126 valence electrons. The summed E-state index contributed by atoms with van der Waals surface area (Å²) in [5.74, 6) is 2.27. The molecule has 0 aliphatic heterocycles. The Morgan fingerprint density at radius 1 is 0.364 bits per heavy atom. The van der Waals surface area contributed by atoms with Crippen LogP contribution < -0.4 is 0 Å². The van der Waals surface area contributed by atoms with E-state index in [1.807, 2.05) is 0 Å². The third-order valence-electron chi connectivity index (χ3n) is 8.78. The second kappa shape index (κ2) is 6.48. The average Bonchev–Trinajstić information content (AvgIpc) is 2.60. The lowest BCUT2D eigenvalue weighted by molar-refractivity contribution is -0.197. The summed E-state index contributed by atoms with van der Waals surface area (Å²) >= 11 is 0. The van der Waals surface area contributed by atoms with Gasteiger partial charge in [-0.2, -0.15) is 0 Å². The topological polar surface area (TPSA) is 0 Å². The molecule has 22 heavy (non-hydrogen) atoms. The van der Waals surface area contributed by atoms with Crippen LogP contribution in [-0.4, -0.2) is 0 Å². The van der Waals surface area contributed by atoms with Crippen LogP contribution in [0.2, 0.25) is 0 Å². The summed E-state index contributed by atoms with van der Waals surface area (Å²) in [6, 6.07) is 0. The van der Waals surface area contributed by atoms with Gasteiger partial charge in [0.05, 0.1) is 0 Å². The maximum absolute atomic E-state index is 1.62. The predicted octanol–water partition coefficient (Wildman–Crippen LogP) is 7.27. The second-order valence-corrected chi connectivity index (χ2v) is 9.40. The summed E-state index contributed by atoms with van der Waals surface area (Å²) in [6.45, 7) is 0. The van der Waals surface area contributed by atoms with Gasteiger partial charge in [0.2, 0.25) is 0 Å². The number of rotatable bonds is 1. The van der Waals surface area contributed by atoms with Gasteiger partial charge in [-0.15, -0.1) is 0 Å². The van der Waals surface area contributed by atoms with Gasteiger partial charge in [-0.05, 0) is 74.0 Å². The van der Waals surface area contributed by atoms with Crippen LogP contribution in [0, 0.1) is 22.7 Å². The highest BCUT2D eigenvalue weighted by molar-refractivity contribution is 5.13. The summed E-state index contributed by atoms with van der Waals surface area (Å²) in [5.41, 5.74) is 1.65. The molecule has 0 aromatic carbocycles. The Bertz CT molecular complexity index is 336. The van der Waals surface area contributed by atoms with Gasteiger partial charge in [-0.1, -0.05) is 64.2 Å². The Morgan fingerprint density at radius 2 is 0.773 bits per heavy atom. The van der Waals surface area contributed by atoms with Crippen molar-refractivity contribution in [2.75, 3.05) is 0 Å². The van der Waals surface area contributed by atoms with Gasteiger partial charge in [0.1, 0.15) is 0 Å². The molecule has 0 heterocycles. The van der Waals surface area contributed by atoms with E-state index in [1.165, 1.54) is 38.5 Å². The molecule has 4 aliphatic carbocycles. The Labute approximate surface area is 138 Å². The van der Waals surface area contributed by atoms with Crippen LogP contribution >= 0.6 is 0 Å². The molecule has 0 N–H and O–H groups in total. The van der Waals surface area contributed by atoms with Gasteiger partial charge in [0.15, 0.2) is 0 Å². The van der Waals surface area contributed by atoms with Crippen LogP contribution in [0.1, 0.15) is 116 Å². The van der Waals surface area contributed by atoms with Gasteiger partial charge in [-0.25, -0.2) is 0 Å². The zero-order valence-corrected chi connectivity index (χ0v) is 14.9. The molecule has 0 amide bonds. The lowest BCUT2D eigenvalue weighted by atomic mass is 9.36. The molecule has 4 unspecified atom stereocenters. The third-order valence-corrected chi connectivity index (χ3v) is 8.78. The fourth-order valence-corrected chi connectivity index (χ4v) is 7.43. The molecule has 4 fully saturated rings. The standard InChI is InChI=1S/C22H38/c1-3-7-11-19-13-17-21(19,15-9-5-1)22-16-10-6-2-4-8-12-20(22)14-18-22/h19-20H,1-18H2. The minimum atomic E-state index is 0.824. The van der Waals surface area contributed by atoms with Crippen molar-refractivity contribution in [3.8, 4) is 0 Å². The normalized spacial score (nSPS) is 46.9. The highest BCUT2D eigenvalue weighted by Gasteiger charge is 2.64. The van der Waals surface area contributed by atoms with Crippen molar-refractivity contribution < 1.29 is 0 Å². The van der Waals surface area contributed by atoms with Crippen molar-refractivity contribution >= 4 is 0 Å². The highest BCUT2D eigenvalue weighted by atomic mass is 14.7. The van der Waals surface area contributed by atoms with E-state index in [2.05, 4.69) is 0 Å². The first-order valence-electron chi connectivity index (χ1n) is 10.9.